The molecule has 0 aromatic rings. The molecule has 0 aromatic carbocycles. The number of aliphatic imine (C=N–C) groups is 1. The predicted molar refractivity (Wildman–Crippen MR) is 93.1 cm³/mol. The fraction of sp³-hybridized carbons (Fsp3) is 0.765. The maximum Gasteiger partial charge on any atom is 0.147 e. The van der Waals surface area contributed by atoms with Gasteiger partial charge in [0.2, 0.25) is 0 Å². The summed E-state index contributed by atoms with van der Waals surface area (Å²) >= 11 is 0. The highest BCUT2D eigenvalue weighted by atomic mass is 15.6. The predicted octanol–water partition coefficient (Wildman–Crippen LogP) is 3.20. The van der Waals surface area contributed by atoms with Crippen molar-refractivity contribution in [3.05, 3.63) is 11.8 Å². The van der Waals surface area contributed by atoms with Gasteiger partial charge >= 0.3 is 0 Å². The largest absolute Gasteiger partial charge is 0.314 e. The van der Waals surface area contributed by atoms with Crippen LogP contribution in [0.5, 0.6) is 0 Å². The Bertz CT molecular complexity index is 434. The molecule has 0 amide bonds. The van der Waals surface area contributed by atoms with Crippen LogP contribution in [0.15, 0.2) is 16.8 Å². The number of hydrogen-bond donors (Lipinski definition) is 3. The minimum absolute atomic E-state index is 0.0115. The van der Waals surface area contributed by atoms with Crippen molar-refractivity contribution in [2.75, 3.05) is 6.54 Å². The molecule has 2 aliphatic heterocycles. The minimum Gasteiger partial charge on any atom is -0.314 e. The van der Waals surface area contributed by atoms with Gasteiger partial charge in [-0.25, -0.2) is 4.99 Å². The molecule has 5 nitrogen and oxygen atoms in total. The standard InChI is InChI=1S/C17H31N5/c1-4-6-7-10-16-20-17(18)13(3)22(21-16)15(5-2)12-14-9-8-11-19-14/h5,13-14,19H,4,6-12H2,1-3H3,(H2,18,20,21)/b15-5-. The van der Waals surface area contributed by atoms with E-state index in [2.05, 4.69) is 40.7 Å². The quantitative estimate of drug-likeness (QED) is 0.633. The molecule has 0 radical (unpaired) electrons. The highest BCUT2D eigenvalue weighted by Gasteiger charge is 2.28. The molecule has 1 saturated heterocycles. The molecule has 0 aromatic heterocycles. The zero-order chi connectivity index (χ0) is 15.9. The first-order valence-corrected chi connectivity index (χ1v) is 8.76. The molecular formula is C17H31N5. The van der Waals surface area contributed by atoms with Crippen molar-refractivity contribution in [2.45, 2.75) is 77.8 Å². The first kappa shape index (κ1) is 17.0. The van der Waals surface area contributed by atoms with E-state index in [4.69, 9.17) is 5.41 Å². The van der Waals surface area contributed by atoms with Crippen LogP contribution in [0.3, 0.4) is 0 Å². The van der Waals surface area contributed by atoms with Gasteiger partial charge in [-0.3, -0.25) is 15.8 Å². The van der Waals surface area contributed by atoms with Crippen LogP contribution in [0.25, 0.3) is 0 Å². The fourth-order valence-corrected chi connectivity index (χ4v) is 3.14. The molecule has 5 heteroatoms. The third-order valence-corrected chi connectivity index (χ3v) is 4.57. The first-order chi connectivity index (χ1) is 10.7. The summed E-state index contributed by atoms with van der Waals surface area (Å²) in [5, 5.41) is 13.9. The Morgan fingerprint density at radius 2 is 2.27 bits per heavy atom. The van der Waals surface area contributed by atoms with E-state index in [1.54, 1.807) is 0 Å². The Balaban J connectivity index is 2.01. The molecular weight excluding hydrogens is 274 g/mol. The zero-order valence-electron chi connectivity index (χ0n) is 14.3. The zero-order valence-corrected chi connectivity index (χ0v) is 14.3. The summed E-state index contributed by atoms with van der Waals surface area (Å²) in [6.07, 6.45) is 10.2. The van der Waals surface area contributed by atoms with Crippen LogP contribution >= 0.6 is 0 Å². The summed E-state index contributed by atoms with van der Waals surface area (Å²) in [5.74, 6) is 1.40. The fourth-order valence-electron chi connectivity index (χ4n) is 3.14. The van der Waals surface area contributed by atoms with Crippen LogP contribution in [-0.2, 0) is 0 Å². The van der Waals surface area contributed by atoms with Gasteiger partial charge in [-0.2, -0.15) is 0 Å². The average molecular weight is 305 g/mol. The second-order valence-corrected chi connectivity index (χ2v) is 6.34. The Labute approximate surface area is 134 Å². The molecule has 2 unspecified atom stereocenters. The molecule has 2 heterocycles. The smallest absolute Gasteiger partial charge is 0.147 e. The summed E-state index contributed by atoms with van der Waals surface area (Å²) < 4.78 is 0. The van der Waals surface area contributed by atoms with E-state index in [0.717, 1.165) is 31.6 Å². The molecule has 3 N–H and O–H groups in total. The number of unbranched alkanes of at least 4 members (excludes halogenated alkanes) is 2. The van der Waals surface area contributed by atoms with E-state index < -0.39 is 0 Å². The van der Waals surface area contributed by atoms with E-state index in [-0.39, 0.29) is 6.04 Å². The molecule has 0 bridgehead atoms. The van der Waals surface area contributed by atoms with Crippen molar-refractivity contribution in [1.82, 2.24) is 15.8 Å². The monoisotopic (exact) mass is 305 g/mol. The van der Waals surface area contributed by atoms with Crippen LogP contribution < -0.4 is 10.7 Å². The van der Waals surface area contributed by atoms with Crippen LogP contribution in [-0.4, -0.2) is 35.3 Å². The van der Waals surface area contributed by atoms with Crippen LogP contribution in [0.4, 0.5) is 0 Å². The highest BCUT2D eigenvalue weighted by Crippen LogP contribution is 2.21. The number of nitrogens with zero attached hydrogens (tertiary/aromatic N) is 2. The van der Waals surface area contributed by atoms with Crippen molar-refractivity contribution >= 4 is 11.7 Å². The van der Waals surface area contributed by atoms with Gasteiger partial charge in [0.25, 0.3) is 0 Å². The van der Waals surface area contributed by atoms with Gasteiger partial charge < -0.3 is 5.32 Å². The maximum absolute atomic E-state index is 8.18. The van der Waals surface area contributed by atoms with Gasteiger partial charge in [-0.15, -0.1) is 0 Å². The van der Waals surface area contributed by atoms with Crippen molar-refractivity contribution in [2.24, 2.45) is 4.99 Å². The van der Waals surface area contributed by atoms with E-state index in [1.165, 1.54) is 31.4 Å². The number of hydrogen-bond acceptors (Lipinski definition) is 4. The van der Waals surface area contributed by atoms with Gasteiger partial charge in [0, 0.05) is 24.6 Å². The summed E-state index contributed by atoms with van der Waals surface area (Å²) in [6, 6.07) is 0.555. The SMILES string of the molecule is C/C=C(/CC1CCCN1)N1NC(CCCCC)=NC(=N)C1C. The number of rotatable bonds is 7. The van der Waals surface area contributed by atoms with Gasteiger partial charge in [-0.1, -0.05) is 25.8 Å². The molecule has 22 heavy (non-hydrogen) atoms. The third-order valence-electron chi connectivity index (χ3n) is 4.57. The van der Waals surface area contributed by atoms with Gasteiger partial charge in [0.1, 0.15) is 17.7 Å². The molecule has 2 rings (SSSR count). The van der Waals surface area contributed by atoms with Crippen LogP contribution in [0, 0.1) is 5.41 Å². The Kier molecular flexibility index (Phi) is 6.43. The summed E-state index contributed by atoms with van der Waals surface area (Å²) in [6.45, 7) is 7.47. The van der Waals surface area contributed by atoms with Gasteiger partial charge in [-0.05, 0) is 39.7 Å². The summed E-state index contributed by atoms with van der Waals surface area (Å²) in [4.78, 5) is 4.44. The Morgan fingerprint density at radius 1 is 1.45 bits per heavy atom. The lowest BCUT2D eigenvalue weighted by molar-refractivity contribution is 0.252. The Morgan fingerprint density at radius 3 is 2.91 bits per heavy atom. The maximum atomic E-state index is 8.18. The molecule has 0 aliphatic carbocycles. The summed E-state index contributed by atoms with van der Waals surface area (Å²) in [5.41, 5.74) is 4.73. The van der Waals surface area contributed by atoms with Crippen molar-refractivity contribution in [1.29, 1.82) is 5.41 Å². The minimum atomic E-state index is -0.0115. The van der Waals surface area contributed by atoms with Crippen LogP contribution in [0.1, 0.15) is 65.7 Å². The van der Waals surface area contributed by atoms with Gasteiger partial charge in [0.15, 0.2) is 0 Å². The summed E-state index contributed by atoms with van der Waals surface area (Å²) in [7, 11) is 0. The van der Waals surface area contributed by atoms with Gasteiger partial charge in [0.05, 0.1) is 0 Å². The molecule has 2 atom stereocenters. The van der Waals surface area contributed by atoms with E-state index in [9.17, 15) is 0 Å². The lowest BCUT2D eigenvalue weighted by Gasteiger charge is -2.38. The normalized spacial score (nSPS) is 26.1. The second-order valence-electron chi connectivity index (χ2n) is 6.34. The molecule has 1 fully saturated rings. The van der Waals surface area contributed by atoms with Crippen molar-refractivity contribution < 1.29 is 0 Å². The molecule has 0 spiro atoms. The number of amidine groups is 2. The lowest BCUT2D eigenvalue weighted by Crippen LogP contribution is -2.53. The first-order valence-electron chi connectivity index (χ1n) is 8.76. The topological polar surface area (TPSA) is 63.5 Å². The highest BCUT2D eigenvalue weighted by molar-refractivity contribution is 6.00. The lowest BCUT2D eigenvalue weighted by atomic mass is 10.1. The molecule has 2 aliphatic rings. The molecule has 124 valence electrons. The number of hydrazine groups is 1. The van der Waals surface area contributed by atoms with E-state index >= 15 is 0 Å². The molecule has 0 saturated carbocycles. The average Bonchev–Trinajstić information content (AvgIpc) is 3.02. The second kappa shape index (κ2) is 8.32. The van der Waals surface area contributed by atoms with E-state index in [0.29, 0.717) is 11.9 Å². The van der Waals surface area contributed by atoms with Crippen LogP contribution in [0.2, 0.25) is 0 Å². The number of allylic oxidation sites excluding steroid dienone is 1. The van der Waals surface area contributed by atoms with Crippen molar-refractivity contribution in [3.8, 4) is 0 Å². The third kappa shape index (κ3) is 4.32. The Hall–Kier alpha value is -1.36. The van der Waals surface area contributed by atoms with E-state index in [1.807, 2.05) is 6.92 Å². The van der Waals surface area contributed by atoms with Crippen molar-refractivity contribution in [3.63, 3.8) is 0 Å². The number of nitrogens with one attached hydrogen (secondary N) is 3.